The van der Waals surface area contributed by atoms with Gasteiger partial charge in [-0.15, -0.1) is 0 Å². The third-order valence-corrected chi connectivity index (χ3v) is 24.7. The molecule has 0 aromatic rings. The Labute approximate surface area is 814 Å². The predicted octanol–water partition coefficient (Wildman–Crippen LogP) is 34.5. The molecule has 0 aromatic heterocycles. The molecule has 0 amide bonds. The van der Waals surface area contributed by atoms with Crippen LogP contribution in [0.3, 0.4) is 0 Å². The van der Waals surface area contributed by atoms with Crippen LogP contribution in [0.25, 0.3) is 0 Å². The van der Waals surface area contributed by atoms with Gasteiger partial charge in [-0.2, -0.15) is 0 Å². The Morgan fingerprint density at radius 1 is 0.211 bits per heavy atom. The fraction of sp³-hybridized carbons (Fsp3) is 0.696. The van der Waals surface area contributed by atoms with Crippen molar-refractivity contribution in [2.45, 2.75) is 476 Å². The van der Waals surface area contributed by atoms with Gasteiger partial charge < -0.3 is 34.2 Å². The fourth-order valence-corrected chi connectivity index (χ4v) is 16.4. The first-order valence-electron chi connectivity index (χ1n) is 53.7. The van der Waals surface area contributed by atoms with Crippen molar-refractivity contribution in [1.29, 1.82) is 0 Å². The summed E-state index contributed by atoms with van der Waals surface area (Å²) in [5.41, 5.74) is 0. The third kappa shape index (κ3) is 107. The number of ether oxygens (including phenoxy) is 3. The van der Waals surface area contributed by atoms with E-state index in [1.54, 1.807) is 0 Å². The maximum Gasteiger partial charge on any atom is 0.472 e. The lowest BCUT2D eigenvalue weighted by molar-refractivity contribution is -0.161. The highest BCUT2D eigenvalue weighted by Gasteiger charge is 2.30. The van der Waals surface area contributed by atoms with Crippen LogP contribution in [0.1, 0.15) is 457 Å². The minimum atomic E-state index is -4.95. The number of aliphatic hydroxyl groups is 2. The van der Waals surface area contributed by atoms with Gasteiger partial charge in [-0.1, -0.05) is 472 Å². The van der Waals surface area contributed by atoms with Crippen molar-refractivity contribution in [3.8, 4) is 0 Å². The highest BCUT2D eigenvalue weighted by molar-refractivity contribution is 7.47. The normalized spacial score (nSPS) is 14.4. The number of allylic oxidation sites excluding steroid dienone is 32. The van der Waals surface area contributed by atoms with Crippen molar-refractivity contribution >= 4 is 33.6 Å². The Hall–Kier alpha value is -5.61. The summed E-state index contributed by atoms with van der Waals surface area (Å²) in [7, 11) is -9.82. The molecule has 133 heavy (non-hydrogen) atoms. The number of carbonyl (C=O) groups excluding carboxylic acids is 3. The van der Waals surface area contributed by atoms with Gasteiger partial charge in [-0.05, 0) is 161 Å². The minimum Gasteiger partial charge on any atom is -0.463 e. The maximum atomic E-state index is 13.1. The highest BCUT2D eigenvalue weighted by Crippen LogP contribution is 2.45. The molecule has 0 spiro atoms. The summed E-state index contributed by atoms with van der Waals surface area (Å²) in [6, 6.07) is 0. The third-order valence-electron chi connectivity index (χ3n) is 22.8. The molecule has 0 fully saturated rings. The summed E-state index contributed by atoms with van der Waals surface area (Å²) in [6.07, 6.45) is 142. The number of aliphatic hydroxyl groups excluding tert-OH is 2. The van der Waals surface area contributed by atoms with Crippen molar-refractivity contribution in [3.05, 3.63) is 194 Å². The molecule has 16 nitrogen and oxygen atoms in total. The summed E-state index contributed by atoms with van der Waals surface area (Å²) in [4.78, 5) is 59.3. The van der Waals surface area contributed by atoms with E-state index >= 15 is 0 Å². The Balaban J connectivity index is 4.58. The number of phosphoric acid groups is 2. The molecule has 0 rings (SSSR count). The van der Waals surface area contributed by atoms with Crippen LogP contribution in [0.5, 0.6) is 0 Å². The summed E-state index contributed by atoms with van der Waals surface area (Å²) in [5, 5.41) is 20.8. The second-order valence-electron chi connectivity index (χ2n) is 35.6. The van der Waals surface area contributed by atoms with Gasteiger partial charge in [-0.3, -0.25) is 32.5 Å². The van der Waals surface area contributed by atoms with Gasteiger partial charge in [0.2, 0.25) is 0 Å². The van der Waals surface area contributed by atoms with E-state index in [0.29, 0.717) is 19.3 Å². The molecule has 0 aliphatic heterocycles. The average molecular weight is 1900 g/mol. The Bertz CT molecular complexity index is 3200. The molecular weight excluding hydrogens is 1700 g/mol. The van der Waals surface area contributed by atoms with Crippen molar-refractivity contribution in [3.63, 3.8) is 0 Å². The zero-order chi connectivity index (χ0) is 96.4. The van der Waals surface area contributed by atoms with E-state index in [0.717, 1.165) is 173 Å². The second-order valence-corrected chi connectivity index (χ2v) is 38.5. The summed E-state index contributed by atoms with van der Waals surface area (Å²) in [5.74, 6) is -1.56. The van der Waals surface area contributed by atoms with Crippen LogP contribution >= 0.6 is 15.6 Å². The van der Waals surface area contributed by atoms with Crippen molar-refractivity contribution in [2.24, 2.45) is 0 Å². The van der Waals surface area contributed by atoms with Gasteiger partial charge in [0.05, 0.1) is 26.4 Å². The molecule has 5 unspecified atom stereocenters. The minimum absolute atomic E-state index is 0.0980. The zero-order valence-electron chi connectivity index (χ0n) is 84.6. The van der Waals surface area contributed by atoms with Gasteiger partial charge in [-0.25, -0.2) is 9.13 Å². The molecular formula is C115H196O16P2. The first kappa shape index (κ1) is 127. The van der Waals surface area contributed by atoms with Gasteiger partial charge in [0.25, 0.3) is 0 Å². The van der Waals surface area contributed by atoms with Crippen LogP contribution in [0.15, 0.2) is 194 Å². The molecule has 4 N–H and O–H groups in total. The lowest BCUT2D eigenvalue weighted by Crippen LogP contribution is -2.30. The quantitative estimate of drug-likeness (QED) is 0.0146. The van der Waals surface area contributed by atoms with E-state index in [4.69, 9.17) is 32.3 Å². The standard InChI is InChI=1S/C115H196O16P2/c1-4-7-10-13-16-19-22-25-28-31-34-37-40-43-46-48-50-52-54-56-58-60-63-65-68-71-74-77-80-83-86-89-92-95-98-101-113(118)125-104-110(116)105-127-132(121,122)128-106-111(117)107-129-133(123,124)130-109-112(131-115(120)103-100-97-94-91-88-85-82-79-76-73-70-67-62-45-42-39-36-33-30-27-24-21-18-15-12-9-6-3)108-126-114(119)102-99-96-93-90-87-84-81-78-75-72-69-66-64-61-59-57-55-53-51-49-47-44-41-38-35-32-29-26-23-20-17-14-11-8-5-2/h7-12,16-21,25-30,34-39,43-47,50,52,62,110-112,116-117H,4-6,13-15,22-24,31-33,40-42,48-49,51,53-61,63-109H2,1-3H3,(H,121,122)(H,123,124)/b10-7-,11-8-,12-9-,19-16-,20-17-,21-18-,28-25-,29-26-,30-27-,37-34-,38-35-,39-36-,46-43-,47-44-,52-50-,62-45-. The number of esters is 3. The molecule has 0 aromatic carbocycles. The summed E-state index contributed by atoms with van der Waals surface area (Å²) >= 11 is 0. The second kappa shape index (κ2) is 105. The van der Waals surface area contributed by atoms with E-state index in [1.807, 2.05) is 0 Å². The van der Waals surface area contributed by atoms with Gasteiger partial charge >= 0.3 is 33.6 Å². The molecule has 0 bridgehead atoms. The van der Waals surface area contributed by atoms with E-state index in [1.165, 1.54) is 225 Å². The van der Waals surface area contributed by atoms with Crippen molar-refractivity contribution in [2.75, 3.05) is 39.6 Å². The molecule has 0 radical (unpaired) electrons. The molecule has 18 heteroatoms. The maximum absolute atomic E-state index is 13.1. The summed E-state index contributed by atoms with van der Waals surface area (Å²) in [6.45, 7) is 2.42. The Morgan fingerprint density at radius 2 is 0.376 bits per heavy atom. The van der Waals surface area contributed by atoms with Crippen molar-refractivity contribution in [1.82, 2.24) is 0 Å². The molecule has 0 heterocycles. The summed E-state index contributed by atoms with van der Waals surface area (Å²) < 4.78 is 61.8. The number of rotatable bonds is 101. The molecule has 0 aliphatic carbocycles. The van der Waals surface area contributed by atoms with Crippen LogP contribution in [0.2, 0.25) is 0 Å². The number of hydrogen-bond donors (Lipinski definition) is 4. The smallest absolute Gasteiger partial charge is 0.463 e. The fourth-order valence-electron chi connectivity index (χ4n) is 14.8. The molecule has 762 valence electrons. The van der Waals surface area contributed by atoms with Crippen LogP contribution in [-0.2, 0) is 55.8 Å². The van der Waals surface area contributed by atoms with Crippen LogP contribution in [0, 0.1) is 0 Å². The molecule has 0 saturated carbocycles. The SMILES string of the molecule is CC/C=C\C/C=C\C/C=C\C/C=C\C/C=C\C/C=C\CCCCCCCCCCCCCCCCCCC(=O)OCC(O)COP(=O)(O)OCC(O)COP(=O)(O)OCC(COC(=O)CCCCCCCCCCCCCCCCCCCCC/C=C\C/C=C\C/C=C\C/C=C\C/C=C\CC)OC(=O)CCCCCCCCCCCCC/C=C\C/C=C\C/C=C\C/C=C\C/C=C\CC. The largest absolute Gasteiger partial charge is 0.472 e. The van der Waals surface area contributed by atoms with E-state index in [9.17, 15) is 43.5 Å². The van der Waals surface area contributed by atoms with Gasteiger partial charge in [0, 0.05) is 19.3 Å². The van der Waals surface area contributed by atoms with E-state index < -0.39 is 91.5 Å². The first-order chi connectivity index (χ1) is 65.2. The predicted molar refractivity (Wildman–Crippen MR) is 564 cm³/mol. The monoisotopic (exact) mass is 1900 g/mol. The number of phosphoric ester groups is 2. The van der Waals surface area contributed by atoms with E-state index in [-0.39, 0.29) is 19.3 Å². The average Bonchev–Trinajstić information content (AvgIpc) is 0.896. The first-order valence-corrected chi connectivity index (χ1v) is 56.7. The number of hydrogen-bond acceptors (Lipinski definition) is 14. The topological polar surface area (TPSA) is 231 Å². The molecule has 0 saturated heterocycles. The van der Waals surface area contributed by atoms with E-state index in [2.05, 4.69) is 215 Å². The highest BCUT2D eigenvalue weighted by atomic mass is 31.2. The van der Waals surface area contributed by atoms with Crippen LogP contribution in [-0.4, -0.2) is 95.9 Å². The van der Waals surface area contributed by atoms with Crippen LogP contribution < -0.4 is 0 Å². The Kier molecular flexibility index (Phi) is 101. The Morgan fingerprint density at radius 3 is 0.594 bits per heavy atom. The molecule has 0 aliphatic rings. The lowest BCUT2D eigenvalue weighted by Gasteiger charge is -2.21. The van der Waals surface area contributed by atoms with Gasteiger partial charge in [0.15, 0.2) is 6.10 Å². The lowest BCUT2D eigenvalue weighted by atomic mass is 10.0. The number of unbranched alkanes of at least 4 members (excludes halogenated alkanes) is 46. The van der Waals surface area contributed by atoms with Gasteiger partial charge in [0.1, 0.15) is 25.4 Å². The number of carbonyl (C=O) groups is 3. The van der Waals surface area contributed by atoms with Crippen molar-refractivity contribution < 1.29 is 75.8 Å². The zero-order valence-corrected chi connectivity index (χ0v) is 86.4. The molecule has 5 atom stereocenters. The van der Waals surface area contributed by atoms with Crippen LogP contribution in [0.4, 0.5) is 0 Å².